The van der Waals surface area contributed by atoms with Gasteiger partial charge in [0, 0.05) is 6.54 Å². The number of Topliss-reactive ketones (excluding diaryl/α,β-unsaturated/α-hetero) is 1. The minimum absolute atomic E-state index is 0.0236. The largest absolute Gasteiger partial charge is 0.444 e. The van der Waals surface area contributed by atoms with Gasteiger partial charge >= 0.3 is 6.09 Å². The Hall–Kier alpha value is -1.32. The molecular weight excluding hydrogens is 230 g/mol. The Morgan fingerprint density at radius 2 is 1.83 bits per heavy atom. The van der Waals surface area contributed by atoms with Gasteiger partial charge in [0.05, 0.1) is 6.04 Å². The van der Waals surface area contributed by atoms with Crippen LogP contribution in [0.3, 0.4) is 0 Å². The summed E-state index contributed by atoms with van der Waals surface area (Å²) in [4.78, 5) is 24.7. The zero-order valence-electron chi connectivity index (χ0n) is 12.4. The lowest BCUT2D eigenvalue weighted by atomic mass is 10.1. The highest BCUT2D eigenvalue weighted by Crippen LogP contribution is 2.24. The van der Waals surface area contributed by atoms with E-state index in [0.717, 1.165) is 5.57 Å². The molecule has 4 nitrogen and oxygen atoms in total. The number of ketones is 1. The van der Waals surface area contributed by atoms with Crippen molar-refractivity contribution in [2.45, 2.75) is 59.6 Å². The third kappa shape index (κ3) is 4.90. The van der Waals surface area contributed by atoms with Gasteiger partial charge < -0.3 is 4.74 Å². The topological polar surface area (TPSA) is 46.6 Å². The van der Waals surface area contributed by atoms with Gasteiger partial charge in [-0.25, -0.2) is 4.79 Å². The molecule has 18 heavy (non-hydrogen) atoms. The van der Waals surface area contributed by atoms with Crippen LogP contribution in [-0.2, 0) is 9.53 Å². The molecule has 0 saturated carbocycles. The van der Waals surface area contributed by atoms with E-state index >= 15 is 0 Å². The molecule has 1 aliphatic rings. The monoisotopic (exact) mass is 255 g/mol. The lowest BCUT2D eigenvalue weighted by Crippen LogP contribution is -2.42. The molecule has 0 unspecified atom stereocenters. The summed E-state index contributed by atoms with van der Waals surface area (Å²) in [5.74, 6) is -0.0236. The fourth-order valence-electron chi connectivity index (χ4n) is 1.67. The second-order valence-corrected chi connectivity index (χ2v) is 5.19. The second-order valence-electron chi connectivity index (χ2n) is 5.19. The zero-order valence-corrected chi connectivity index (χ0v) is 12.4. The molecule has 0 aliphatic carbocycles. The van der Waals surface area contributed by atoms with E-state index in [4.69, 9.17) is 4.74 Å². The average Bonchev–Trinajstić information content (AvgIpc) is 2.61. The number of amides is 1. The molecule has 1 saturated heterocycles. The summed E-state index contributed by atoms with van der Waals surface area (Å²) in [7, 11) is 0. The fourth-order valence-corrected chi connectivity index (χ4v) is 1.67. The third-order valence-electron chi connectivity index (χ3n) is 2.35. The van der Waals surface area contributed by atoms with Crippen LogP contribution >= 0.6 is 0 Å². The standard InChI is InChI=1S/C12H19NO3.C2H6/c1-8-6-10(9(2)14)13(7-8)11(15)16-12(3,4)5;1-2/h10H,1,6-7H2,2-5H3;1-2H3/t10-;/m0./s1. The number of hydrogen-bond donors (Lipinski definition) is 0. The summed E-state index contributed by atoms with van der Waals surface area (Å²) in [6.45, 7) is 15.1. The minimum atomic E-state index is -0.539. The predicted molar refractivity (Wildman–Crippen MR) is 72.5 cm³/mol. The minimum Gasteiger partial charge on any atom is -0.444 e. The summed E-state index contributed by atoms with van der Waals surface area (Å²) < 4.78 is 5.24. The van der Waals surface area contributed by atoms with Crippen molar-refractivity contribution in [1.29, 1.82) is 0 Å². The van der Waals surface area contributed by atoms with E-state index < -0.39 is 17.7 Å². The average molecular weight is 255 g/mol. The summed E-state index contributed by atoms with van der Waals surface area (Å²) in [6, 6.07) is -0.401. The number of carbonyl (C=O) groups is 2. The normalized spacial score (nSPS) is 19.1. The Balaban J connectivity index is 0.00000137. The van der Waals surface area contributed by atoms with Crippen molar-refractivity contribution >= 4 is 11.9 Å². The van der Waals surface area contributed by atoms with Crippen molar-refractivity contribution in [3.8, 4) is 0 Å². The molecule has 1 atom stereocenters. The van der Waals surface area contributed by atoms with Crippen LogP contribution in [0.4, 0.5) is 4.79 Å². The number of rotatable bonds is 1. The van der Waals surface area contributed by atoms with E-state index in [2.05, 4.69) is 6.58 Å². The molecular formula is C14H25NO3. The first-order valence-electron chi connectivity index (χ1n) is 6.37. The van der Waals surface area contributed by atoms with Gasteiger partial charge in [-0.2, -0.15) is 0 Å². The van der Waals surface area contributed by atoms with Crippen molar-refractivity contribution < 1.29 is 14.3 Å². The number of hydrogen-bond acceptors (Lipinski definition) is 3. The number of ether oxygens (including phenoxy) is 1. The molecule has 0 aromatic carbocycles. The molecule has 0 spiro atoms. The van der Waals surface area contributed by atoms with E-state index in [-0.39, 0.29) is 5.78 Å². The van der Waals surface area contributed by atoms with Gasteiger partial charge in [0.1, 0.15) is 5.60 Å². The Bertz CT molecular complexity index is 328. The third-order valence-corrected chi connectivity index (χ3v) is 2.35. The van der Waals surface area contributed by atoms with Crippen LogP contribution in [0.25, 0.3) is 0 Å². The Morgan fingerprint density at radius 1 is 1.33 bits per heavy atom. The molecule has 1 rings (SSSR count). The Kier molecular flexibility index (Phi) is 6.09. The number of likely N-dealkylation sites (tertiary alicyclic amines) is 1. The van der Waals surface area contributed by atoms with Gasteiger partial charge in [0.2, 0.25) is 0 Å². The number of carbonyl (C=O) groups excluding carboxylic acids is 2. The van der Waals surface area contributed by atoms with Crippen molar-refractivity contribution in [1.82, 2.24) is 4.90 Å². The first-order chi connectivity index (χ1) is 8.20. The van der Waals surface area contributed by atoms with Crippen LogP contribution in [0, 0.1) is 0 Å². The van der Waals surface area contributed by atoms with Crippen LogP contribution in [0.2, 0.25) is 0 Å². The van der Waals surface area contributed by atoms with Gasteiger partial charge in [0.15, 0.2) is 5.78 Å². The fraction of sp³-hybridized carbons (Fsp3) is 0.714. The maximum atomic E-state index is 11.8. The summed E-state index contributed by atoms with van der Waals surface area (Å²) >= 11 is 0. The van der Waals surface area contributed by atoms with Crippen molar-refractivity contribution in [3.63, 3.8) is 0 Å². The van der Waals surface area contributed by atoms with E-state index in [1.807, 2.05) is 13.8 Å². The molecule has 104 valence electrons. The maximum absolute atomic E-state index is 11.8. The molecule has 0 bridgehead atoms. The predicted octanol–water partition coefficient (Wildman–Crippen LogP) is 3.17. The molecule has 1 heterocycles. The van der Waals surface area contributed by atoms with E-state index in [0.29, 0.717) is 13.0 Å². The molecule has 1 fully saturated rings. The Morgan fingerprint density at radius 3 is 2.22 bits per heavy atom. The Labute approximate surface area is 110 Å². The van der Waals surface area contributed by atoms with Gasteiger partial charge in [-0.05, 0) is 34.1 Å². The lowest BCUT2D eigenvalue weighted by Gasteiger charge is -2.27. The summed E-state index contributed by atoms with van der Waals surface area (Å²) in [5, 5.41) is 0. The molecule has 0 N–H and O–H groups in total. The van der Waals surface area contributed by atoms with Gasteiger partial charge in [-0.1, -0.05) is 26.0 Å². The highest BCUT2D eigenvalue weighted by molar-refractivity contribution is 5.86. The van der Waals surface area contributed by atoms with Gasteiger partial charge in [0.25, 0.3) is 0 Å². The quantitative estimate of drug-likeness (QED) is 0.676. The van der Waals surface area contributed by atoms with Crippen molar-refractivity contribution in [2.24, 2.45) is 0 Å². The first kappa shape index (κ1) is 16.7. The van der Waals surface area contributed by atoms with Gasteiger partial charge in [-0.3, -0.25) is 9.69 Å². The highest BCUT2D eigenvalue weighted by Gasteiger charge is 2.36. The second kappa shape index (κ2) is 6.57. The van der Waals surface area contributed by atoms with Crippen LogP contribution in [0.15, 0.2) is 12.2 Å². The molecule has 4 heteroatoms. The smallest absolute Gasteiger partial charge is 0.411 e. The highest BCUT2D eigenvalue weighted by atomic mass is 16.6. The van der Waals surface area contributed by atoms with Gasteiger partial charge in [-0.15, -0.1) is 0 Å². The van der Waals surface area contributed by atoms with Crippen LogP contribution in [0.1, 0.15) is 48.0 Å². The van der Waals surface area contributed by atoms with Crippen LogP contribution in [-0.4, -0.2) is 35.0 Å². The lowest BCUT2D eigenvalue weighted by molar-refractivity contribution is -0.121. The van der Waals surface area contributed by atoms with Crippen molar-refractivity contribution in [3.05, 3.63) is 12.2 Å². The van der Waals surface area contributed by atoms with E-state index in [9.17, 15) is 9.59 Å². The zero-order chi connectivity index (χ0) is 14.5. The molecule has 0 radical (unpaired) electrons. The summed E-state index contributed by atoms with van der Waals surface area (Å²) in [6.07, 6.45) is 0.112. The van der Waals surface area contributed by atoms with E-state index in [1.165, 1.54) is 11.8 Å². The van der Waals surface area contributed by atoms with E-state index in [1.54, 1.807) is 20.8 Å². The first-order valence-corrected chi connectivity index (χ1v) is 6.37. The maximum Gasteiger partial charge on any atom is 0.411 e. The van der Waals surface area contributed by atoms with Crippen LogP contribution in [0.5, 0.6) is 0 Å². The number of nitrogens with zero attached hydrogens (tertiary/aromatic N) is 1. The summed E-state index contributed by atoms with van der Waals surface area (Å²) in [5.41, 5.74) is 0.355. The molecule has 1 aliphatic heterocycles. The van der Waals surface area contributed by atoms with Crippen molar-refractivity contribution in [2.75, 3.05) is 6.54 Å². The SMILES string of the molecule is C=C1C[C@@H](C(C)=O)N(C(=O)OC(C)(C)C)C1.CC. The van der Waals surface area contributed by atoms with Crippen LogP contribution < -0.4 is 0 Å². The molecule has 0 aromatic rings. The molecule has 0 aromatic heterocycles. The molecule has 1 amide bonds.